The number of rotatable bonds is 5. The van der Waals surface area contributed by atoms with Crippen LogP contribution in [0.5, 0.6) is 11.8 Å². The van der Waals surface area contributed by atoms with Crippen molar-refractivity contribution in [1.29, 1.82) is 0 Å². The molecule has 8 heteroatoms. The quantitative estimate of drug-likeness (QED) is 0.465. The first-order valence-corrected chi connectivity index (χ1v) is 9.60. The molecule has 5 N–H and O–H groups in total. The Labute approximate surface area is 181 Å². The molecule has 0 aliphatic rings. The van der Waals surface area contributed by atoms with Crippen molar-refractivity contribution >= 4 is 29.3 Å². The number of aromatic nitrogens is 3. The average Bonchev–Trinajstić information content (AvgIpc) is 2.75. The van der Waals surface area contributed by atoms with E-state index in [1.54, 1.807) is 18.5 Å². The maximum Gasteiger partial charge on any atom is 0.323 e. The Morgan fingerprint density at radius 2 is 1.57 bits per heavy atom. The number of fused-ring (bicyclic) bond motifs is 1. The molecule has 7 nitrogen and oxygen atoms in total. The largest absolute Gasteiger partial charge is 0.423 e. The monoisotopic (exact) mass is 426 g/mol. The molecule has 4 rings (SSSR count). The van der Waals surface area contributed by atoms with Crippen LogP contribution in [0.2, 0.25) is 0 Å². The molecular formula is C22H26N4O3S. The molecule has 2 aromatic heterocycles. The van der Waals surface area contributed by atoms with E-state index in [1.165, 1.54) is 0 Å². The van der Waals surface area contributed by atoms with Gasteiger partial charge in [0.1, 0.15) is 11.6 Å². The van der Waals surface area contributed by atoms with Crippen molar-refractivity contribution in [1.82, 2.24) is 15.0 Å². The van der Waals surface area contributed by atoms with E-state index in [1.807, 2.05) is 68.4 Å². The second kappa shape index (κ2) is 12.4. The number of thiol groups is 1. The molecular weight excluding hydrogens is 400 g/mol. The van der Waals surface area contributed by atoms with Crippen LogP contribution in [-0.4, -0.2) is 25.9 Å². The zero-order valence-corrected chi connectivity index (χ0v) is 17.7. The summed E-state index contributed by atoms with van der Waals surface area (Å²) in [6.45, 7) is 4.62. The van der Waals surface area contributed by atoms with E-state index in [0.717, 1.165) is 21.4 Å². The molecule has 2 heterocycles. The number of nitrogens with one attached hydrogen (secondary N) is 1. The van der Waals surface area contributed by atoms with Gasteiger partial charge in [0.05, 0.1) is 5.52 Å². The summed E-state index contributed by atoms with van der Waals surface area (Å²) in [5.41, 5.74) is 1.96. The van der Waals surface area contributed by atoms with E-state index in [0.29, 0.717) is 18.1 Å². The second-order valence-electron chi connectivity index (χ2n) is 5.64. The maximum absolute atomic E-state index is 5.89. The van der Waals surface area contributed by atoms with Crippen molar-refractivity contribution < 1.29 is 15.7 Å². The molecule has 0 radical (unpaired) electrons. The summed E-state index contributed by atoms with van der Waals surface area (Å²) in [7, 11) is 0. The Morgan fingerprint density at radius 1 is 0.867 bits per heavy atom. The molecule has 30 heavy (non-hydrogen) atoms. The van der Waals surface area contributed by atoms with Gasteiger partial charge >= 0.3 is 6.01 Å². The highest BCUT2D eigenvalue weighted by Crippen LogP contribution is 2.27. The molecule has 0 atom stereocenters. The molecule has 4 aromatic rings. The number of anilines is 1. The van der Waals surface area contributed by atoms with Crippen molar-refractivity contribution in [2.24, 2.45) is 0 Å². The van der Waals surface area contributed by atoms with Gasteiger partial charge in [-0.25, -0.2) is 4.98 Å². The van der Waals surface area contributed by atoms with Crippen LogP contribution in [0.1, 0.15) is 19.4 Å². The topological polar surface area (TPSA) is 123 Å². The fraction of sp³-hybridized carbons (Fsp3) is 0.136. The molecule has 0 saturated carbocycles. The van der Waals surface area contributed by atoms with E-state index in [-0.39, 0.29) is 17.0 Å². The van der Waals surface area contributed by atoms with Gasteiger partial charge in [-0.1, -0.05) is 44.2 Å². The molecule has 0 aliphatic heterocycles. The lowest BCUT2D eigenvalue weighted by Crippen LogP contribution is -2.03. The molecule has 0 aliphatic carbocycles. The Hall–Kier alpha value is -3.20. The lowest BCUT2D eigenvalue weighted by atomic mass is 10.2. The lowest BCUT2D eigenvalue weighted by molar-refractivity contribution is 0.447. The minimum atomic E-state index is 0. The van der Waals surface area contributed by atoms with Crippen molar-refractivity contribution in [3.8, 4) is 11.8 Å². The van der Waals surface area contributed by atoms with Crippen LogP contribution in [-0.2, 0) is 6.54 Å². The Bertz CT molecular complexity index is 1060. The molecule has 0 amide bonds. The number of ether oxygens (including phenoxy) is 1. The van der Waals surface area contributed by atoms with Gasteiger partial charge < -0.3 is 21.0 Å². The zero-order valence-electron chi connectivity index (χ0n) is 16.8. The minimum Gasteiger partial charge on any atom is -0.423 e. The number of para-hydroxylation sites is 1. The molecule has 158 valence electrons. The SMILES string of the molecule is CC.O.O.Sc1ccccc1CNc1ccnc(Oc2ccnc3ccccc23)n1. The fourth-order valence-electron chi connectivity index (χ4n) is 2.59. The van der Waals surface area contributed by atoms with Crippen molar-refractivity contribution in [2.45, 2.75) is 25.3 Å². The van der Waals surface area contributed by atoms with Gasteiger partial charge in [-0.3, -0.25) is 4.98 Å². The number of pyridine rings is 1. The van der Waals surface area contributed by atoms with Crippen LogP contribution in [0.15, 0.2) is 78.0 Å². The van der Waals surface area contributed by atoms with Crippen LogP contribution < -0.4 is 10.1 Å². The smallest absolute Gasteiger partial charge is 0.323 e. The Balaban J connectivity index is 0.00000109. The highest BCUT2D eigenvalue weighted by atomic mass is 32.1. The first kappa shape index (κ1) is 24.8. The molecule has 0 bridgehead atoms. The van der Waals surface area contributed by atoms with Gasteiger partial charge in [-0.15, -0.1) is 12.6 Å². The van der Waals surface area contributed by atoms with Gasteiger partial charge in [0.2, 0.25) is 0 Å². The summed E-state index contributed by atoms with van der Waals surface area (Å²) in [6.07, 6.45) is 3.38. The summed E-state index contributed by atoms with van der Waals surface area (Å²) in [4.78, 5) is 13.9. The van der Waals surface area contributed by atoms with Crippen LogP contribution in [0.4, 0.5) is 5.82 Å². The average molecular weight is 427 g/mol. The van der Waals surface area contributed by atoms with Gasteiger partial charge in [0.25, 0.3) is 0 Å². The van der Waals surface area contributed by atoms with Crippen molar-refractivity contribution in [2.75, 3.05) is 5.32 Å². The third-order valence-electron chi connectivity index (χ3n) is 3.90. The lowest BCUT2D eigenvalue weighted by Gasteiger charge is -2.10. The van der Waals surface area contributed by atoms with Gasteiger partial charge in [0, 0.05) is 29.2 Å². The standard InChI is InChI=1S/C20H16N4OS.C2H6.2H2O/c26-18-8-4-1-5-14(18)13-23-19-10-12-22-20(24-19)25-17-9-11-21-16-7-3-2-6-15(16)17;1-2;;/h1-12,26H,13H2,(H,22,23,24);1-2H3;2*1H2. The van der Waals surface area contributed by atoms with Crippen LogP contribution in [0, 0.1) is 0 Å². The first-order valence-electron chi connectivity index (χ1n) is 9.15. The first-order chi connectivity index (χ1) is 13.8. The van der Waals surface area contributed by atoms with Gasteiger partial charge in [-0.05, 0) is 35.9 Å². The highest BCUT2D eigenvalue weighted by molar-refractivity contribution is 7.80. The van der Waals surface area contributed by atoms with Gasteiger partial charge in [0.15, 0.2) is 0 Å². The van der Waals surface area contributed by atoms with Crippen LogP contribution in [0.25, 0.3) is 10.9 Å². The highest BCUT2D eigenvalue weighted by Gasteiger charge is 2.07. The van der Waals surface area contributed by atoms with Crippen molar-refractivity contribution in [3.05, 3.63) is 78.6 Å². The summed E-state index contributed by atoms with van der Waals surface area (Å²) in [5, 5.41) is 4.19. The third-order valence-corrected chi connectivity index (χ3v) is 4.33. The zero-order chi connectivity index (χ0) is 19.8. The third kappa shape index (κ3) is 6.15. The van der Waals surface area contributed by atoms with Crippen LogP contribution >= 0.6 is 12.6 Å². The predicted molar refractivity (Wildman–Crippen MR) is 123 cm³/mol. The number of hydrogen-bond donors (Lipinski definition) is 2. The summed E-state index contributed by atoms with van der Waals surface area (Å²) in [5.74, 6) is 1.36. The number of benzene rings is 2. The summed E-state index contributed by atoms with van der Waals surface area (Å²) < 4.78 is 5.89. The molecule has 0 fully saturated rings. The predicted octanol–water partition coefficient (Wildman–Crippen LogP) is 4.09. The summed E-state index contributed by atoms with van der Waals surface area (Å²) in [6, 6.07) is 19.6. The molecule has 0 spiro atoms. The Kier molecular flexibility index (Phi) is 10.3. The second-order valence-corrected chi connectivity index (χ2v) is 6.12. The van der Waals surface area contributed by atoms with Gasteiger partial charge in [-0.2, -0.15) is 4.98 Å². The normalized spacial score (nSPS) is 9.43. The molecule has 0 saturated heterocycles. The van der Waals surface area contributed by atoms with E-state index in [9.17, 15) is 0 Å². The Morgan fingerprint density at radius 3 is 2.37 bits per heavy atom. The fourth-order valence-corrected chi connectivity index (χ4v) is 2.83. The van der Waals surface area contributed by atoms with Crippen molar-refractivity contribution in [3.63, 3.8) is 0 Å². The van der Waals surface area contributed by atoms with E-state index in [2.05, 4.69) is 32.9 Å². The number of nitrogens with zero attached hydrogens (tertiary/aromatic N) is 3. The summed E-state index contributed by atoms with van der Waals surface area (Å²) >= 11 is 4.46. The minimum absolute atomic E-state index is 0. The van der Waals surface area contributed by atoms with Crippen LogP contribution in [0.3, 0.4) is 0 Å². The van der Waals surface area contributed by atoms with E-state index in [4.69, 9.17) is 4.74 Å². The molecule has 0 unspecified atom stereocenters. The van der Waals surface area contributed by atoms with E-state index >= 15 is 0 Å². The molecule has 2 aromatic carbocycles. The maximum atomic E-state index is 5.89. The number of hydrogen-bond acceptors (Lipinski definition) is 6. The van der Waals surface area contributed by atoms with E-state index < -0.39 is 0 Å².